The zero-order valence-corrected chi connectivity index (χ0v) is 12.9. The first-order valence-electron chi connectivity index (χ1n) is 7.77. The molecule has 0 aliphatic carbocycles. The Labute approximate surface area is 120 Å². The molecule has 0 radical (unpaired) electrons. The summed E-state index contributed by atoms with van der Waals surface area (Å²) < 4.78 is 42.3. The number of halogens is 3. The molecule has 120 valence electrons. The second kappa shape index (κ2) is 7.64. The van der Waals surface area contributed by atoms with Gasteiger partial charge in [-0.05, 0) is 45.4 Å². The molecule has 0 amide bonds. The molecule has 1 aliphatic heterocycles. The van der Waals surface area contributed by atoms with Gasteiger partial charge >= 0.3 is 6.18 Å². The van der Waals surface area contributed by atoms with Crippen LogP contribution in [-0.4, -0.2) is 30.5 Å². The molecular formula is C15H28F3NO. The van der Waals surface area contributed by atoms with E-state index in [1.54, 1.807) is 0 Å². The first-order valence-corrected chi connectivity index (χ1v) is 7.77. The van der Waals surface area contributed by atoms with E-state index in [1.807, 2.05) is 6.92 Å². The fraction of sp³-hybridized carbons (Fsp3) is 1.00. The minimum absolute atomic E-state index is 0.0401. The van der Waals surface area contributed by atoms with Crippen molar-refractivity contribution in [2.24, 2.45) is 0 Å². The van der Waals surface area contributed by atoms with E-state index in [4.69, 9.17) is 4.74 Å². The van der Waals surface area contributed by atoms with Gasteiger partial charge in [-0.15, -0.1) is 0 Å². The second-order valence-corrected chi connectivity index (χ2v) is 6.00. The zero-order chi connectivity index (χ0) is 15.2. The summed E-state index contributed by atoms with van der Waals surface area (Å²) in [6.07, 6.45) is -0.0441. The van der Waals surface area contributed by atoms with E-state index in [0.29, 0.717) is 12.5 Å². The van der Waals surface area contributed by atoms with E-state index in [0.717, 1.165) is 32.3 Å². The smallest absolute Gasteiger partial charge is 0.375 e. The quantitative estimate of drug-likeness (QED) is 0.750. The Morgan fingerprint density at radius 2 is 1.95 bits per heavy atom. The zero-order valence-electron chi connectivity index (χ0n) is 12.9. The third-order valence-corrected chi connectivity index (χ3v) is 4.40. The van der Waals surface area contributed by atoms with Crippen LogP contribution >= 0.6 is 0 Å². The van der Waals surface area contributed by atoms with Crippen LogP contribution in [-0.2, 0) is 4.74 Å². The first-order chi connectivity index (χ1) is 9.30. The molecule has 2 unspecified atom stereocenters. The molecule has 1 N–H and O–H groups in total. The lowest BCUT2D eigenvalue weighted by atomic mass is 9.85. The maximum atomic E-state index is 12.1. The van der Waals surface area contributed by atoms with Crippen LogP contribution in [0.3, 0.4) is 0 Å². The minimum Gasteiger partial charge on any atom is -0.375 e. The van der Waals surface area contributed by atoms with Crippen molar-refractivity contribution >= 4 is 0 Å². The van der Waals surface area contributed by atoms with Crippen molar-refractivity contribution in [3.63, 3.8) is 0 Å². The molecule has 1 rings (SSSR count). The van der Waals surface area contributed by atoms with Crippen molar-refractivity contribution in [3.8, 4) is 0 Å². The van der Waals surface area contributed by atoms with Crippen LogP contribution in [0.15, 0.2) is 0 Å². The molecule has 0 saturated carbocycles. The van der Waals surface area contributed by atoms with E-state index >= 15 is 0 Å². The summed E-state index contributed by atoms with van der Waals surface area (Å²) in [5.41, 5.74) is -0.0401. The van der Waals surface area contributed by atoms with Crippen LogP contribution in [0.5, 0.6) is 0 Å². The summed E-state index contributed by atoms with van der Waals surface area (Å²) in [5.74, 6) is 0. The molecule has 0 aromatic heterocycles. The molecule has 1 saturated heterocycles. The Morgan fingerprint density at radius 1 is 1.30 bits per heavy atom. The van der Waals surface area contributed by atoms with E-state index in [2.05, 4.69) is 19.2 Å². The standard InChI is InChI=1S/C15H28F3NO/c1-4-14(5-2)11-13(8-10-20-14)19-12(3)7-6-9-15(16,17)18/h12-13,19H,4-11H2,1-3H3. The average molecular weight is 295 g/mol. The number of nitrogens with one attached hydrogen (secondary N) is 1. The number of ether oxygens (including phenoxy) is 1. The lowest BCUT2D eigenvalue weighted by molar-refractivity contribution is -0.135. The van der Waals surface area contributed by atoms with E-state index < -0.39 is 12.6 Å². The molecule has 20 heavy (non-hydrogen) atoms. The van der Waals surface area contributed by atoms with Crippen molar-refractivity contribution in [2.45, 2.75) is 89.6 Å². The van der Waals surface area contributed by atoms with Crippen LogP contribution in [0.4, 0.5) is 13.2 Å². The number of alkyl halides is 3. The van der Waals surface area contributed by atoms with E-state index in [1.165, 1.54) is 0 Å². The van der Waals surface area contributed by atoms with Gasteiger partial charge < -0.3 is 10.1 Å². The highest BCUT2D eigenvalue weighted by Crippen LogP contribution is 2.31. The fourth-order valence-corrected chi connectivity index (χ4v) is 3.01. The Hall–Kier alpha value is -0.290. The predicted molar refractivity (Wildman–Crippen MR) is 74.8 cm³/mol. The van der Waals surface area contributed by atoms with Gasteiger partial charge in [-0.3, -0.25) is 0 Å². The lowest BCUT2D eigenvalue weighted by Crippen LogP contribution is -2.48. The summed E-state index contributed by atoms with van der Waals surface area (Å²) in [6, 6.07) is 0.497. The molecule has 0 bridgehead atoms. The van der Waals surface area contributed by atoms with Gasteiger partial charge in [-0.2, -0.15) is 13.2 Å². The lowest BCUT2D eigenvalue weighted by Gasteiger charge is -2.41. The first kappa shape index (κ1) is 17.8. The highest BCUT2D eigenvalue weighted by atomic mass is 19.4. The average Bonchev–Trinajstić information content (AvgIpc) is 2.37. The molecular weight excluding hydrogens is 267 g/mol. The molecule has 1 fully saturated rings. The topological polar surface area (TPSA) is 21.3 Å². The van der Waals surface area contributed by atoms with Crippen LogP contribution in [0.25, 0.3) is 0 Å². The van der Waals surface area contributed by atoms with E-state index in [9.17, 15) is 13.2 Å². The Bertz CT molecular complexity index is 277. The molecule has 2 atom stereocenters. The third-order valence-electron chi connectivity index (χ3n) is 4.40. The fourth-order valence-electron chi connectivity index (χ4n) is 3.01. The molecule has 5 heteroatoms. The molecule has 2 nitrogen and oxygen atoms in total. The van der Waals surface area contributed by atoms with Crippen molar-refractivity contribution in [2.75, 3.05) is 6.61 Å². The van der Waals surface area contributed by atoms with Crippen LogP contribution in [0.2, 0.25) is 0 Å². The highest BCUT2D eigenvalue weighted by molar-refractivity contribution is 4.89. The van der Waals surface area contributed by atoms with Gasteiger partial charge in [0, 0.05) is 25.1 Å². The molecule has 1 aliphatic rings. The van der Waals surface area contributed by atoms with Gasteiger partial charge in [0.1, 0.15) is 0 Å². The third kappa shape index (κ3) is 6.00. The highest BCUT2D eigenvalue weighted by Gasteiger charge is 2.34. The van der Waals surface area contributed by atoms with Crippen molar-refractivity contribution in [1.82, 2.24) is 5.32 Å². The van der Waals surface area contributed by atoms with Gasteiger partial charge in [-0.1, -0.05) is 13.8 Å². The van der Waals surface area contributed by atoms with E-state index in [-0.39, 0.29) is 18.1 Å². The van der Waals surface area contributed by atoms with Gasteiger partial charge in [0.25, 0.3) is 0 Å². The number of rotatable bonds is 7. The maximum Gasteiger partial charge on any atom is 0.389 e. The molecule has 1 heterocycles. The van der Waals surface area contributed by atoms with Crippen LogP contribution < -0.4 is 5.32 Å². The van der Waals surface area contributed by atoms with Crippen molar-refractivity contribution in [3.05, 3.63) is 0 Å². The van der Waals surface area contributed by atoms with Crippen molar-refractivity contribution < 1.29 is 17.9 Å². The van der Waals surface area contributed by atoms with Crippen LogP contribution in [0, 0.1) is 0 Å². The van der Waals surface area contributed by atoms with Gasteiger partial charge in [0.15, 0.2) is 0 Å². The van der Waals surface area contributed by atoms with Crippen LogP contribution in [0.1, 0.15) is 65.7 Å². The maximum absolute atomic E-state index is 12.1. The Morgan fingerprint density at radius 3 is 2.50 bits per heavy atom. The summed E-state index contributed by atoms with van der Waals surface area (Å²) in [6.45, 7) is 7.00. The summed E-state index contributed by atoms with van der Waals surface area (Å²) >= 11 is 0. The summed E-state index contributed by atoms with van der Waals surface area (Å²) in [5, 5.41) is 3.48. The molecule has 0 spiro atoms. The minimum atomic E-state index is -4.03. The summed E-state index contributed by atoms with van der Waals surface area (Å²) in [4.78, 5) is 0. The van der Waals surface area contributed by atoms with Gasteiger partial charge in [-0.25, -0.2) is 0 Å². The predicted octanol–water partition coefficient (Wildman–Crippen LogP) is 4.43. The van der Waals surface area contributed by atoms with Gasteiger partial charge in [0.05, 0.1) is 5.60 Å². The normalized spacial score (nSPS) is 24.6. The summed E-state index contributed by atoms with van der Waals surface area (Å²) in [7, 11) is 0. The largest absolute Gasteiger partial charge is 0.389 e. The Kier molecular flexibility index (Phi) is 6.79. The van der Waals surface area contributed by atoms with Gasteiger partial charge in [0.2, 0.25) is 0 Å². The Balaban J connectivity index is 2.32. The molecule has 0 aromatic rings. The van der Waals surface area contributed by atoms with Crippen molar-refractivity contribution in [1.29, 1.82) is 0 Å². The SMILES string of the molecule is CCC1(CC)CC(NC(C)CCCC(F)(F)F)CCO1. The number of hydrogen-bond donors (Lipinski definition) is 1. The monoisotopic (exact) mass is 295 g/mol. The number of hydrogen-bond acceptors (Lipinski definition) is 2. The molecule has 0 aromatic carbocycles. The second-order valence-electron chi connectivity index (χ2n) is 6.00.